The van der Waals surface area contributed by atoms with E-state index in [1.165, 1.54) is 55.1 Å². The number of rotatable bonds is 6. The second kappa shape index (κ2) is 7.23. The molecule has 0 unspecified atom stereocenters. The average Bonchev–Trinajstić information content (AvgIpc) is 2.96. The molecule has 1 saturated heterocycles. The molecule has 0 bridgehead atoms. The van der Waals surface area contributed by atoms with Gasteiger partial charge in [0.05, 0.1) is 10.2 Å². The quantitative estimate of drug-likeness (QED) is 0.752. The van der Waals surface area contributed by atoms with Crippen molar-refractivity contribution in [2.75, 3.05) is 37.6 Å². The second-order valence-corrected chi connectivity index (χ2v) is 6.86. The minimum absolute atomic E-state index is 1.12. The third-order valence-corrected chi connectivity index (χ3v) is 5.35. The Morgan fingerprint density at radius 2 is 1.86 bits per heavy atom. The van der Waals surface area contributed by atoms with Crippen molar-refractivity contribution in [2.45, 2.75) is 32.6 Å². The highest BCUT2D eigenvalue weighted by molar-refractivity contribution is 7.22. The molecule has 0 radical (unpaired) electrons. The zero-order valence-electron chi connectivity index (χ0n) is 12.9. The van der Waals surface area contributed by atoms with Gasteiger partial charge in [-0.25, -0.2) is 4.98 Å². The largest absolute Gasteiger partial charge is 0.345 e. The lowest BCUT2D eigenvalue weighted by atomic mass is 10.2. The first kappa shape index (κ1) is 14.8. The fourth-order valence-electron chi connectivity index (χ4n) is 2.92. The Morgan fingerprint density at radius 3 is 2.62 bits per heavy atom. The monoisotopic (exact) mass is 303 g/mol. The molecule has 0 atom stereocenters. The summed E-state index contributed by atoms with van der Waals surface area (Å²) in [5.74, 6) is 0. The Balaban J connectivity index is 1.51. The first-order valence-electron chi connectivity index (χ1n) is 8.19. The fraction of sp³-hybridized carbons (Fsp3) is 0.588. The summed E-state index contributed by atoms with van der Waals surface area (Å²) in [5, 5.41) is 1.20. The lowest BCUT2D eigenvalue weighted by Gasteiger charge is -2.34. The molecule has 1 fully saturated rings. The van der Waals surface area contributed by atoms with E-state index in [0.717, 1.165) is 18.6 Å². The van der Waals surface area contributed by atoms with Crippen LogP contribution in [0.2, 0.25) is 0 Å². The third kappa shape index (κ3) is 3.74. The summed E-state index contributed by atoms with van der Waals surface area (Å²) in [4.78, 5) is 9.84. The SMILES string of the molecule is CCCCCCN1CCN(c2nc3ccccc3s2)CC1. The van der Waals surface area contributed by atoms with E-state index in [0.29, 0.717) is 0 Å². The summed E-state index contributed by atoms with van der Waals surface area (Å²) in [7, 11) is 0. The molecule has 114 valence electrons. The number of thiazole rings is 1. The van der Waals surface area contributed by atoms with Gasteiger partial charge in [0.2, 0.25) is 0 Å². The van der Waals surface area contributed by atoms with E-state index in [1.54, 1.807) is 0 Å². The van der Waals surface area contributed by atoms with E-state index in [9.17, 15) is 0 Å². The fourth-order valence-corrected chi connectivity index (χ4v) is 3.94. The number of piperazine rings is 1. The summed E-state index contributed by atoms with van der Waals surface area (Å²) in [5.41, 5.74) is 1.14. The molecule has 0 aliphatic carbocycles. The van der Waals surface area contributed by atoms with Crippen molar-refractivity contribution in [3.63, 3.8) is 0 Å². The molecule has 0 spiro atoms. The first-order chi connectivity index (χ1) is 10.4. The van der Waals surface area contributed by atoms with Gasteiger partial charge in [0, 0.05) is 26.2 Å². The zero-order valence-corrected chi connectivity index (χ0v) is 13.7. The van der Waals surface area contributed by atoms with Gasteiger partial charge < -0.3 is 4.90 Å². The van der Waals surface area contributed by atoms with E-state index >= 15 is 0 Å². The minimum atomic E-state index is 1.12. The highest BCUT2D eigenvalue weighted by Crippen LogP contribution is 2.29. The van der Waals surface area contributed by atoms with Gasteiger partial charge in [-0.05, 0) is 25.1 Å². The summed E-state index contributed by atoms with van der Waals surface area (Å²) in [6.07, 6.45) is 5.45. The first-order valence-corrected chi connectivity index (χ1v) is 9.01. The number of unbranched alkanes of at least 4 members (excludes halogenated alkanes) is 3. The van der Waals surface area contributed by atoms with E-state index in [1.807, 2.05) is 11.3 Å². The number of aromatic nitrogens is 1. The predicted octanol–water partition coefficient (Wildman–Crippen LogP) is 4.00. The molecule has 21 heavy (non-hydrogen) atoms. The highest BCUT2D eigenvalue weighted by Gasteiger charge is 2.19. The highest BCUT2D eigenvalue weighted by atomic mass is 32.1. The van der Waals surface area contributed by atoms with Gasteiger partial charge >= 0.3 is 0 Å². The molecule has 0 saturated carbocycles. The van der Waals surface area contributed by atoms with E-state index in [2.05, 4.69) is 41.0 Å². The van der Waals surface area contributed by atoms with Gasteiger partial charge in [0.25, 0.3) is 0 Å². The molecule has 0 amide bonds. The number of hydrogen-bond donors (Lipinski definition) is 0. The Bertz CT molecular complexity index is 525. The van der Waals surface area contributed by atoms with Crippen molar-refractivity contribution in [2.24, 2.45) is 0 Å². The molecule has 2 aromatic rings. The second-order valence-electron chi connectivity index (χ2n) is 5.85. The van der Waals surface area contributed by atoms with Gasteiger partial charge in [0.1, 0.15) is 0 Å². The van der Waals surface area contributed by atoms with Crippen molar-refractivity contribution < 1.29 is 0 Å². The number of fused-ring (bicyclic) bond motifs is 1. The molecule has 4 heteroatoms. The molecule has 1 aliphatic rings. The van der Waals surface area contributed by atoms with Gasteiger partial charge in [0.15, 0.2) is 5.13 Å². The lowest BCUT2D eigenvalue weighted by molar-refractivity contribution is 0.252. The van der Waals surface area contributed by atoms with Gasteiger partial charge in [-0.2, -0.15) is 0 Å². The van der Waals surface area contributed by atoms with Crippen molar-refractivity contribution in [1.82, 2.24) is 9.88 Å². The number of para-hydroxylation sites is 1. The zero-order chi connectivity index (χ0) is 14.5. The van der Waals surface area contributed by atoms with E-state index < -0.39 is 0 Å². The van der Waals surface area contributed by atoms with Crippen molar-refractivity contribution in [3.05, 3.63) is 24.3 Å². The Hall–Kier alpha value is -1.13. The van der Waals surface area contributed by atoms with Gasteiger partial charge in [-0.1, -0.05) is 49.7 Å². The van der Waals surface area contributed by atoms with Crippen LogP contribution in [0.5, 0.6) is 0 Å². The van der Waals surface area contributed by atoms with Crippen LogP contribution in [0, 0.1) is 0 Å². The maximum atomic E-state index is 4.77. The Labute approximate surface area is 131 Å². The van der Waals surface area contributed by atoms with Crippen LogP contribution in [0.1, 0.15) is 32.6 Å². The smallest absolute Gasteiger partial charge is 0.186 e. The van der Waals surface area contributed by atoms with Crippen LogP contribution in [0.25, 0.3) is 10.2 Å². The van der Waals surface area contributed by atoms with Crippen LogP contribution in [0.3, 0.4) is 0 Å². The number of anilines is 1. The number of benzene rings is 1. The third-order valence-electron chi connectivity index (χ3n) is 4.25. The lowest BCUT2D eigenvalue weighted by Crippen LogP contribution is -2.46. The van der Waals surface area contributed by atoms with Crippen LogP contribution < -0.4 is 4.90 Å². The molecule has 3 rings (SSSR count). The molecule has 1 aromatic carbocycles. The summed E-state index contributed by atoms with van der Waals surface area (Å²) >= 11 is 1.83. The maximum Gasteiger partial charge on any atom is 0.186 e. The summed E-state index contributed by atoms with van der Waals surface area (Å²) in [6, 6.07) is 8.44. The topological polar surface area (TPSA) is 19.4 Å². The molecule has 0 N–H and O–H groups in total. The van der Waals surface area contributed by atoms with Crippen LogP contribution in [0.15, 0.2) is 24.3 Å². The van der Waals surface area contributed by atoms with Crippen molar-refractivity contribution in [1.29, 1.82) is 0 Å². The molecule has 1 aromatic heterocycles. The summed E-state index contributed by atoms with van der Waals surface area (Å²) in [6.45, 7) is 8.15. The van der Waals surface area contributed by atoms with Crippen molar-refractivity contribution in [3.8, 4) is 0 Å². The normalized spacial score (nSPS) is 16.7. The summed E-state index contributed by atoms with van der Waals surface area (Å²) < 4.78 is 1.30. The molecular formula is C17H25N3S. The standard InChI is InChI=1S/C17H25N3S/c1-2-3-4-7-10-19-11-13-20(14-12-19)17-18-15-8-5-6-9-16(15)21-17/h5-6,8-9H,2-4,7,10-14H2,1H3. The van der Waals surface area contributed by atoms with Gasteiger partial charge in [-0.3, -0.25) is 4.90 Å². The molecular weight excluding hydrogens is 278 g/mol. The van der Waals surface area contributed by atoms with Crippen LogP contribution in [-0.4, -0.2) is 42.6 Å². The number of nitrogens with zero attached hydrogens (tertiary/aromatic N) is 3. The maximum absolute atomic E-state index is 4.77. The molecule has 3 nitrogen and oxygen atoms in total. The van der Waals surface area contributed by atoms with Crippen LogP contribution in [-0.2, 0) is 0 Å². The van der Waals surface area contributed by atoms with Crippen molar-refractivity contribution >= 4 is 26.7 Å². The molecule has 2 heterocycles. The van der Waals surface area contributed by atoms with Crippen LogP contribution >= 0.6 is 11.3 Å². The number of hydrogen-bond acceptors (Lipinski definition) is 4. The predicted molar refractivity (Wildman–Crippen MR) is 92.4 cm³/mol. The van der Waals surface area contributed by atoms with E-state index in [4.69, 9.17) is 4.98 Å². The van der Waals surface area contributed by atoms with Gasteiger partial charge in [-0.15, -0.1) is 0 Å². The van der Waals surface area contributed by atoms with E-state index in [-0.39, 0.29) is 0 Å². The van der Waals surface area contributed by atoms with Crippen LogP contribution in [0.4, 0.5) is 5.13 Å². The Morgan fingerprint density at radius 1 is 1.05 bits per heavy atom. The average molecular weight is 303 g/mol. The minimum Gasteiger partial charge on any atom is -0.345 e. The molecule has 1 aliphatic heterocycles. The Kier molecular flexibility index (Phi) is 5.09.